The van der Waals surface area contributed by atoms with Crippen molar-refractivity contribution in [3.63, 3.8) is 0 Å². The van der Waals surface area contributed by atoms with E-state index >= 15 is 0 Å². The average molecular weight is 399 g/mol. The summed E-state index contributed by atoms with van der Waals surface area (Å²) in [5.41, 5.74) is 1.45. The molecule has 0 bridgehead atoms. The van der Waals surface area contributed by atoms with Crippen LogP contribution in [0.15, 0.2) is 18.2 Å². The van der Waals surface area contributed by atoms with E-state index in [1.54, 1.807) is 24.1 Å². The van der Waals surface area contributed by atoms with Crippen LogP contribution in [-0.2, 0) is 4.79 Å². The zero-order valence-electron chi connectivity index (χ0n) is 17.7. The Bertz CT molecular complexity index is 892. The number of carbonyl (C=O) groups is 2. The van der Waals surface area contributed by atoms with Gasteiger partial charge in [0.1, 0.15) is 11.6 Å². The van der Waals surface area contributed by atoms with Crippen LogP contribution < -0.4 is 10.1 Å². The Balaban J connectivity index is 1.85. The quantitative estimate of drug-likeness (QED) is 0.778. The van der Waals surface area contributed by atoms with Crippen molar-refractivity contribution in [3.8, 4) is 5.75 Å². The number of aryl methyl sites for hydroxylation is 2. The first-order valence-electron chi connectivity index (χ1n) is 9.92. The molecule has 1 saturated heterocycles. The number of aromatic nitrogens is 3. The predicted molar refractivity (Wildman–Crippen MR) is 109 cm³/mol. The minimum atomic E-state index is -0.293. The summed E-state index contributed by atoms with van der Waals surface area (Å²) in [6.45, 7) is 8.16. The largest absolute Gasteiger partial charge is 0.497 e. The zero-order valence-corrected chi connectivity index (χ0v) is 17.7. The van der Waals surface area contributed by atoms with E-state index in [4.69, 9.17) is 4.74 Å². The minimum absolute atomic E-state index is 0.00449. The molecule has 156 valence electrons. The lowest BCUT2D eigenvalue weighted by molar-refractivity contribution is -0.122. The van der Waals surface area contributed by atoms with Gasteiger partial charge in [0.05, 0.1) is 13.2 Å². The molecule has 0 radical (unpaired) electrons. The second-order valence-corrected chi connectivity index (χ2v) is 8.03. The number of H-pyrrole nitrogens is 1. The number of benzene rings is 1. The highest BCUT2D eigenvalue weighted by molar-refractivity contribution is 5.96. The second-order valence-electron chi connectivity index (χ2n) is 8.03. The highest BCUT2D eigenvalue weighted by atomic mass is 16.5. The van der Waals surface area contributed by atoms with Crippen molar-refractivity contribution in [2.24, 2.45) is 5.92 Å². The molecule has 2 N–H and O–H groups in total. The standard InChI is InChI=1S/C21H29N5O3/c1-12(2)8-19(27)23-15-10-18(20-22-14(4)24-25-20)26(11-15)21(28)17-7-6-16(29-5)9-13(17)3/h6-7,9,12,15,18H,8,10-11H2,1-5H3,(H,23,27)(H,22,24,25)/t15-,18-/m0/s1. The van der Waals surface area contributed by atoms with E-state index in [-0.39, 0.29) is 29.8 Å². The molecule has 2 heterocycles. The maximum absolute atomic E-state index is 13.4. The van der Waals surface area contributed by atoms with Gasteiger partial charge in [0.2, 0.25) is 5.91 Å². The van der Waals surface area contributed by atoms with Gasteiger partial charge in [0.15, 0.2) is 5.82 Å². The van der Waals surface area contributed by atoms with Crippen LogP contribution in [0.4, 0.5) is 0 Å². The molecule has 0 spiro atoms. The molecule has 2 amide bonds. The lowest BCUT2D eigenvalue weighted by Crippen LogP contribution is -2.39. The van der Waals surface area contributed by atoms with E-state index in [1.807, 2.05) is 33.8 Å². The SMILES string of the molecule is COc1ccc(C(=O)N2C[C@@H](NC(=O)CC(C)C)C[C@H]2c2n[nH]c(C)n2)c(C)c1. The van der Waals surface area contributed by atoms with Gasteiger partial charge in [-0.15, -0.1) is 0 Å². The summed E-state index contributed by atoms with van der Waals surface area (Å²) in [4.78, 5) is 31.8. The third-order valence-corrected chi connectivity index (χ3v) is 5.10. The van der Waals surface area contributed by atoms with Gasteiger partial charge in [0, 0.05) is 24.6 Å². The van der Waals surface area contributed by atoms with Gasteiger partial charge in [-0.3, -0.25) is 14.7 Å². The Morgan fingerprint density at radius 3 is 2.69 bits per heavy atom. The van der Waals surface area contributed by atoms with Gasteiger partial charge < -0.3 is 15.0 Å². The van der Waals surface area contributed by atoms with Gasteiger partial charge in [-0.25, -0.2) is 4.98 Å². The summed E-state index contributed by atoms with van der Waals surface area (Å²) in [6.07, 6.45) is 1.05. The molecule has 8 heteroatoms. The van der Waals surface area contributed by atoms with Crippen LogP contribution in [0.2, 0.25) is 0 Å². The summed E-state index contributed by atoms with van der Waals surface area (Å²) < 4.78 is 5.24. The Kier molecular flexibility index (Phi) is 6.20. The molecular weight excluding hydrogens is 370 g/mol. The van der Waals surface area contributed by atoms with Gasteiger partial charge in [-0.1, -0.05) is 13.8 Å². The Labute approximate surface area is 171 Å². The van der Waals surface area contributed by atoms with Gasteiger partial charge in [-0.2, -0.15) is 5.10 Å². The van der Waals surface area contributed by atoms with Crippen LogP contribution in [0.25, 0.3) is 0 Å². The van der Waals surface area contributed by atoms with Crippen molar-refractivity contribution < 1.29 is 14.3 Å². The number of amides is 2. The molecule has 8 nitrogen and oxygen atoms in total. The number of rotatable bonds is 6. The van der Waals surface area contributed by atoms with E-state index in [2.05, 4.69) is 20.5 Å². The van der Waals surface area contributed by atoms with E-state index < -0.39 is 0 Å². The predicted octanol–water partition coefficient (Wildman–Crippen LogP) is 2.55. The molecule has 2 aromatic rings. The number of ether oxygens (including phenoxy) is 1. The van der Waals surface area contributed by atoms with Crippen LogP contribution in [0.3, 0.4) is 0 Å². The Hall–Kier alpha value is -2.90. The third-order valence-electron chi connectivity index (χ3n) is 5.10. The summed E-state index contributed by atoms with van der Waals surface area (Å²) in [5.74, 6) is 2.16. The minimum Gasteiger partial charge on any atom is -0.497 e. The number of aromatic amines is 1. The molecule has 29 heavy (non-hydrogen) atoms. The van der Waals surface area contributed by atoms with Crippen LogP contribution in [0.5, 0.6) is 5.75 Å². The lowest BCUT2D eigenvalue weighted by atomic mass is 10.1. The Morgan fingerprint density at radius 2 is 2.10 bits per heavy atom. The number of nitrogens with one attached hydrogen (secondary N) is 2. The molecule has 0 aliphatic carbocycles. The number of hydrogen-bond acceptors (Lipinski definition) is 5. The molecule has 1 aliphatic heterocycles. The molecular formula is C21H29N5O3. The molecule has 1 aromatic heterocycles. The monoisotopic (exact) mass is 399 g/mol. The molecule has 0 unspecified atom stereocenters. The van der Waals surface area contributed by atoms with Gasteiger partial charge >= 0.3 is 0 Å². The topological polar surface area (TPSA) is 100 Å². The molecule has 2 atom stereocenters. The number of carbonyl (C=O) groups excluding carboxylic acids is 2. The highest BCUT2D eigenvalue weighted by Crippen LogP contribution is 2.32. The van der Waals surface area contributed by atoms with Crippen molar-refractivity contribution in [1.82, 2.24) is 25.4 Å². The Morgan fingerprint density at radius 1 is 1.34 bits per heavy atom. The van der Waals surface area contributed by atoms with Gasteiger partial charge in [0.25, 0.3) is 5.91 Å². The first kappa shape index (κ1) is 20.8. The van der Waals surface area contributed by atoms with E-state index in [0.717, 1.165) is 5.56 Å². The normalized spacial score (nSPS) is 18.9. The van der Waals surface area contributed by atoms with Crippen LogP contribution in [0.1, 0.15) is 60.3 Å². The second kappa shape index (κ2) is 8.63. The maximum Gasteiger partial charge on any atom is 0.254 e. The molecule has 1 aromatic carbocycles. The summed E-state index contributed by atoms with van der Waals surface area (Å²) >= 11 is 0. The van der Waals surface area contributed by atoms with Crippen molar-refractivity contribution in [1.29, 1.82) is 0 Å². The number of likely N-dealkylation sites (tertiary alicyclic amines) is 1. The van der Waals surface area contributed by atoms with E-state index in [9.17, 15) is 9.59 Å². The molecule has 1 aliphatic rings. The lowest BCUT2D eigenvalue weighted by Gasteiger charge is -2.23. The first-order chi connectivity index (χ1) is 13.8. The summed E-state index contributed by atoms with van der Waals surface area (Å²) in [5, 5.41) is 10.2. The van der Waals surface area contributed by atoms with Crippen LogP contribution in [0, 0.1) is 19.8 Å². The fourth-order valence-corrected chi connectivity index (χ4v) is 3.73. The summed E-state index contributed by atoms with van der Waals surface area (Å²) in [6, 6.07) is 4.98. The van der Waals surface area contributed by atoms with Crippen molar-refractivity contribution in [2.45, 2.75) is 52.6 Å². The van der Waals surface area contributed by atoms with Crippen molar-refractivity contribution in [2.75, 3.05) is 13.7 Å². The average Bonchev–Trinajstić information content (AvgIpc) is 3.26. The number of nitrogens with zero attached hydrogens (tertiary/aromatic N) is 3. The fraction of sp³-hybridized carbons (Fsp3) is 0.524. The number of methoxy groups -OCH3 is 1. The number of hydrogen-bond donors (Lipinski definition) is 2. The van der Waals surface area contributed by atoms with Crippen LogP contribution >= 0.6 is 0 Å². The molecule has 3 rings (SSSR count). The molecule has 0 saturated carbocycles. The van der Waals surface area contributed by atoms with Gasteiger partial charge in [-0.05, 0) is 49.9 Å². The summed E-state index contributed by atoms with van der Waals surface area (Å²) in [7, 11) is 1.60. The molecule has 1 fully saturated rings. The smallest absolute Gasteiger partial charge is 0.254 e. The fourth-order valence-electron chi connectivity index (χ4n) is 3.73. The van der Waals surface area contributed by atoms with Crippen molar-refractivity contribution in [3.05, 3.63) is 41.0 Å². The van der Waals surface area contributed by atoms with Crippen molar-refractivity contribution >= 4 is 11.8 Å². The maximum atomic E-state index is 13.4. The van der Waals surface area contributed by atoms with Crippen LogP contribution in [-0.4, -0.2) is 51.6 Å². The third kappa shape index (κ3) is 4.75. The highest BCUT2D eigenvalue weighted by Gasteiger charge is 2.39. The first-order valence-corrected chi connectivity index (χ1v) is 9.92. The van der Waals surface area contributed by atoms with E-state index in [0.29, 0.717) is 42.3 Å². The zero-order chi connectivity index (χ0) is 21.1. The van der Waals surface area contributed by atoms with E-state index in [1.165, 1.54) is 0 Å².